The number of nitrogens with zero attached hydrogens (tertiary/aromatic N) is 3. The largest absolute Gasteiger partial charge is 0.478 e. The zero-order valence-electron chi connectivity index (χ0n) is 22.7. The summed E-state index contributed by atoms with van der Waals surface area (Å²) in [7, 11) is 1.62. The lowest BCUT2D eigenvalue weighted by atomic mass is 10.1. The summed E-state index contributed by atoms with van der Waals surface area (Å²) in [5.41, 5.74) is 4.26. The predicted molar refractivity (Wildman–Crippen MR) is 151 cm³/mol. The molecule has 0 aliphatic heterocycles. The number of hydrogen-bond acceptors (Lipinski definition) is 5. The number of ether oxygens (including phenoxy) is 2. The second-order valence-electron chi connectivity index (χ2n) is 9.76. The lowest BCUT2D eigenvalue weighted by Gasteiger charge is -2.11. The van der Waals surface area contributed by atoms with E-state index in [1.165, 1.54) is 18.2 Å². The molecule has 0 aliphatic carbocycles. The third kappa shape index (κ3) is 6.41. The Morgan fingerprint density at radius 2 is 1.76 bits per heavy atom. The Morgan fingerprint density at radius 3 is 2.51 bits per heavy atom. The molecule has 3 aromatic carbocycles. The van der Waals surface area contributed by atoms with Crippen molar-refractivity contribution in [3.8, 4) is 17.1 Å². The number of carboxylic acids is 1. The van der Waals surface area contributed by atoms with Gasteiger partial charge >= 0.3 is 5.97 Å². The molecular formula is C32H29F2N3O4. The van der Waals surface area contributed by atoms with E-state index < -0.39 is 11.8 Å². The van der Waals surface area contributed by atoms with Crippen molar-refractivity contribution < 1.29 is 28.2 Å². The molecule has 0 aliphatic rings. The van der Waals surface area contributed by atoms with Crippen molar-refractivity contribution in [1.82, 2.24) is 14.5 Å². The summed E-state index contributed by atoms with van der Waals surface area (Å²) in [6, 6.07) is 19.8. The van der Waals surface area contributed by atoms with Gasteiger partial charge in [0.05, 0.1) is 22.3 Å². The Hall–Kier alpha value is -4.63. The van der Waals surface area contributed by atoms with Gasteiger partial charge in [-0.2, -0.15) is 0 Å². The number of aryl methyl sites for hydroxylation is 2. The Kier molecular flexibility index (Phi) is 8.35. The first-order valence-electron chi connectivity index (χ1n) is 13.2. The number of aromatic carboxylic acids is 1. The van der Waals surface area contributed by atoms with Crippen LogP contribution in [0.15, 0.2) is 72.8 Å². The molecule has 7 nitrogen and oxygen atoms in total. The zero-order chi connectivity index (χ0) is 28.9. The van der Waals surface area contributed by atoms with E-state index in [9.17, 15) is 14.3 Å². The summed E-state index contributed by atoms with van der Waals surface area (Å²) >= 11 is 0. The number of carboxylic acid groups (broad SMARTS) is 1. The molecule has 2 heterocycles. The van der Waals surface area contributed by atoms with Crippen molar-refractivity contribution in [1.29, 1.82) is 0 Å². The first kappa shape index (κ1) is 27.9. The Morgan fingerprint density at radius 1 is 0.951 bits per heavy atom. The number of halogens is 2. The van der Waals surface area contributed by atoms with E-state index in [0.717, 1.165) is 5.56 Å². The second-order valence-corrected chi connectivity index (χ2v) is 9.76. The third-order valence-corrected chi connectivity index (χ3v) is 6.81. The first-order valence-corrected chi connectivity index (χ1v) is 13.2. The maximum absolute atomic E-state index is 15.4. The topological polar surface area (TPSA) is 86.5 Å². The van der Waals surface area contributed by atoms with Crippen molar-refractivity contribution in [2.45, 2.75) is 32.9 Å². The quantitative estimate of drug-likeness (QED) is 0.185. The molecule has 41 heavy (non-hydrogen) atoms. The molecule has 210 valence electrons. The zero-order valence-corrected chi connectivity index (χ0v) is 22.7. The van der Waals surface area contributed by atoms with E-state index >= 15 is 4.39 Å². The predicted octanol–water partition coefficient (Wildman–Crippen LogP) is 6.59. The van der Waals surface area contributed by atoms with Crippen LogP contribution in [0.2, 0.25) is 0 Å². The van der Waals surface area contributed by atoms with Gasteiger partial charge in [0.2, 0.25) is 5.88 Å². The molecular weight excluding hydrogens is 528 g/mol. The van der Waals surface area contributed by atoms with Crippen molar-refractivity contribution in [3.63, 3.8) is 0 Å². The van der Waals surface area contributed by atoms with Gasteiger partial charge in [-0.1, -0.05) is 30.3 Å². The number of aromatic nitrogens is 3. The fourth-order valence-corrected chi connectivity index (χ4v) is 4.65. The van der Waals surface area contributed by atoms with Crippen LogP contribution in [0.5, 0.6) is 5.88 Å². The third-order valence-electron chi connectivity index (χ3n) is 6.81. The van der Waals surface area contributed by atoms with E-state index in [1.54, 1.807) is 55.6 Å². The van der Waals surface area contributed by atoms with Crippen molar-refractivity contribution >= 4 is 17.0 Å². The summed E-state index contributed by atoms with van der Waals surface area (Å²) < 4.78 is 42.4. The molecule has 9 heteroatoms. The van der Waals surface area contributed by atoms with Gasteiger partial charge in [0.25, 0.3) is 0 Å². The Bertz CT molecular complexity index is 1720. The number of carbonyl (C=O) groups is 1. The smallest absolute Gasteiger partial charge is 0.335 e. The van der Waals surface area contributed by atoms with Crippen LogP contribution in [0.3, 0.4) is 0 Å². The van der Waals surface area contributed by atoms with E-state index in [2.05, 4.69) is 9.97 Å². The normalized spacial score (nSPS) is 11.2. The summed E-state index contributed by atoms with van der Waals surface area (Å²) in [6.45, 7) is 2.91. The molecule has 0 unspecified atom stereocenters. The molecule has 0 radical (unpaired) electrons. The molecule has 5 aromatic rings. The first-order chi connectivity index (χ1) is 19.8. The number of fused-ring (bicyclic) bond motifs is 1. The molecule has 0 amide bonds. The van der Waals surface area contributed by atoms with E-state index in [0.29, 0.717) is 64.7 Å². The van der Waals surface area contributed by atoms with Crippen LogP contribution in [0.4, 0.5) is 8.78 Å². The summed E-state index contributed by atoms with van der Waals surface area (Å²) in [5.74, 6) is -0.850. The lowest BCUT2D eigenvalue weighted by molar-refractivity contribution is 0.0697. The minimum Gasteiger partial charge on any atom is -0.478 e. The van der Waals surface area contributed by atoms with Crippen molar-refractivity contribution in [2.75, 3.05) is 13.7 Å². The standard InChI is InChI=1S/C32H29F2N3O4/c1-20-7-8-24(25(33)15-20)19-41-31-6-3-5-27(36-31)22-10-9-21(26(34)16-22)18-30-35-28-12-11-23(32(38)39)17-29(28)37(30)13-4-14-40-2/h3,5-12,15-17H,4,13-14,18-19H2,1-2H3,(H,38,39). The molecule has 2 aromatic heterocycles. The Balaban J connectivity index is 1.37. The molecule has 0 spiro atoms. The van der Waals surface area contributed by atoms with Crippen molar-refractivity contribution in [3.05, 3.63) is 113 Å². The van der Waals surface area contributed by atoms with Gasteiger partial charge in [-0.15, -0.1) is 0 Å². The Labute approximate surface area is 236 Å². The SMILES string of the molecule is COCCCn1c(Cc2ccc(-c3cccc(OCc4ccc(C)cc4F)n3)cc2F)nc2ccc(C(=O)O)cc21. The number of hydrogen-bond donors (Lipinski definition) is 1. The highest BCUT2D eigenvalue weighted by Gasteiger charge is 2.16. The van der Waals surface area contributed by atoms with Gasteiger partial charge < -0.3 is 19.1 Å². The van der Waals surface area contributed by atoms with Crippen LogP contribution in [0, 0.1) is 18.6 Å². The lowest BCUT2D eigenvalue weighted by Crippen LogP contribution is -2.08. The van der Waals surface area contributed by atoms with Gasteiger partial charge in [0.1, 0.15) is 24.1 Å². The number of methoxy groups -OCH3 is 1. The van der Waals surface area contributed by atoms with Gasteiger partial charge in [-0.25, -0.2) is 23.5 Å². The minimum absolute atomic E-state index is 0.0230. The maximum Gasteiger partial charge on any atom is 0.335 e. The van der Waals surface area contributed by atoms with E-state index in [4.69, 9.17) is 9.47 Å². The highest BCUT2D eigenvalue weighted by atomic mass is 19.1. The molecule has 0 bridgehead atoms. The number of pyridine rings is 1. The fourth-order valence-electron chi connectivity index (χ4n) is 4.65. The van der Waals surface area contributed by atoms with Gasteiger partial charge in [-0.3, -0.25) is 0 Å². The summed E-state index contributed by atoms with van der Waals surface area (Å²) in [6.07, 6.45) is 0.906. The van der Waals surface area contributed by atoms with Crippen LogP contribution in [0.25, 0.3) is 22.3 Å². The summed E-state index contributed by atoms with van der Waals surface area (Å²) in [5, 5.41) is 9.44. The number of rotatable bonds is 11. The minimum atomic E-state index is -1.02. The molecule has 1 N–H and O–H groups in total. The highest BCUT2D eigenvalue weighted by Crippen LogP contribution is 2.26. The van der Waals surface area contributed by atoms with Crippen LogP contribution in [0.1, 0.15) is 39.3 Å². The molecule has 0 fully saturated rings. The van der Waals surface area contributed by atoms with Gasteiger partial charge in [-0.05, 0) is 60.9 Å². The average molecular weight is 558 g/mol. The van der Waals surface area contributed by atoms with Crippen LogP contribution in [-0.4, -0.2) is 39.3 Å². The maximum atomic E-state index is 15.4. The van der Waals surface area contributed by atoms with Crippen LogP contribution < -0.4 is 4.74 Å². The fraction of sp³-hybridized carbons (Fsp3) is 0.219. The number of benzene rings is 3. The molecule has 5 rings (SSSR count). The molecule has 0 saturated carbocycles. The van der Waals surface area contributed by atoms with Gasteiger partial charge in [0.15, 0.2) is 0 Å². The highest BCUT2D eigenvalue weighted by molar-refractivity contribution is 5.92. The monoisotopic (exact) mass is 557 g/mol. The van der Waals surface area contributed by atoms with E-state index in [1.807, 2.05) is 17.6 Å². The second kappa shape index (κ2) is 12.3. The van der Waals surface area contributed by atoms with E-state index in [-0.39, 0.29) is 24.4 Å². The van der Waals surface area contributed by atoms with Gasteiger partial charge in [0, 0.05) is 43.9 Å². The number of imidazole rings is 1. The average Bonchev–Trinajstić information content (AvgIpc) is 3.30. The summed E-state index contributed by atoms with van der Waals surface area (Å²) in [4.78, 5) is 20.7. The molecule has 0 saturated heterocycles. The molecule has 0 atom stereocenters. The van der Waals surface area contributed by atoms with Crippen LogP contribution >= 0.6 is 0 Å². The van der Waals surface area contributed by atoms with Crippen LogP contribution in [-0.2, 0) is 24.3 Å². The van der Waals surface area contributed by atoms with Crippen molar-refractivity contribution in [2.24, 2.45) is 0 Å².